The van der Waals surface area contributed by atoms with Crippen LogP contribution in [0.3, 0.4) is 0 Å². The molecule has 0 aliphatic carbocycles. The second kappa shape index (κ2) is 13.1. The monoisotopic (exact) mass is 621 g/mol. The van der Waals surface area contributed by atoms with Crippen molar-refractivity contribution >= 4 is 23.7 Å². The Morgan fingerprint density at radius 3 is 2.42 bits per heavy atom. The average Bonchev–Trinajstić information content (AvgIpc) is 3.65. The first-order chi connectivity index (χ1) is 21.4. The molecular formula is C35H47N3O7. The summed E-state index contributed by atoms with van der Waals surface area (Å²) in [6.45, 7) is 8.36. The van der Waals surface area contributed by atoms with Crippen LogP contribution in [0.1, 0.15) is 71.5 Å². The summed E-state index contributed by atoms with van der Waals surface area (Å²) < 4.78 is 12.8. The van der Waals surface area contributed by atoms with E-state index in [0.29, 0.717) is 38.8 Å². The molecule has 1 aromatic rings. The largest absolute Gasteiger partial charge is 0.455 e. The number of carbonyl (C=O) groups is 4. The molecule has 10 heteroatoms. The summed E-state index contributed by atoms with van der Waals surface area (Å²) in [5.74, 6) is -3.09. The Morgan fingerprint density at radius 2 is 1.73 bits per heavy atom. The number of rotatable bonds is 6. The van der Waals surface area contributed by atoms with Gasteiger partial charge in [-0.3, -0.25) is 19.2 Å². The highest BCUT2D eigenvalue weighted by Gasteiger charge is 2.73. The number of benzene rings is 1. The lowest BCUT2D eigenvalue weighted by Gasteiger charge is -2.41. The molecule has 0 unspecified atom stereocenters. The molecule has 4 aliphatic heterocycles. The van der Waals surface area contributed by atoms with Crippen molar-refractivity contribution in [3.05, 3.63) is 60.2 Å². The van der Waals surface area contributed by atoms with Crippen molar-refractivity contribution < 1.29 is 33.8 Å². The molecule has 5 bridgehead atoms. The van der Waals surface area contributed by atoms with Gasteiger partial charge in [0.2, 0.25) is 17.7 Å². The third-order valence-corrected chi connectivity index (χ3v) is 9.81. The number of aliphatic hydroxyl groups is 1. The fraction of sp³-hybridized carbons (Fsp3) is 0.600. The molecule has 4 heterocycles. The van der Waals surface area contributed by atoms with Crippen LogP contribution >= 0.6 is 0 Å². The van der Waals surface area contributed by atoms with E-state index >= 15 is 0 Å². The maximum Gasteiger partial charge on any atom is 0.313 e. The SMILES string of the molecule is C[C@@H]1[C@@H](c2ccccc2)OC(=O)[C@@H]2[C@@H]3C=C[C@]4(O3)[C@H](C(=O)N(C(C)(C)C)C/C=C\CCC(=O)N1C)N(CCCCCO)C(=O)[C@@H]24. The summed E-state index contributed by atoms with van der Waals surface area (Å²) >= 11 is 0. The molecule has 4 aliphatic rings. The van der Waals surface area contributed by atoms with Crippen LogP contribution in [-0.4, -0.2) is 99.6 Å². The summed E-state index contributed by atoms with van der Waals surface area (Å²) in [5.41, 5.74) is -1.15. The Hall–Kier alpha value is -3.50. The minimum absolute atomic E-state index is 0.0518. The summed E-state index contributed by atoms with van der Waals surface area (Å²) in [7, 11) is 1.72. The fourth-order valence-electron chi connectivity index (χ4n) is 7.27. The van der Waals surface area contributed by atoms with E-state index in [4.69, 9.17) is 9.47 Å². The van der Waals surface area contributed by atoms with Crippen LogP contribution in [0.2, 0.25) is 0 Å². The Balaban J connectivity index is 1.59. The van der Waals surface area contributed by atoms with Crippen molar-refractivity contribution in [3.63, 3.8) is 0 Å². The quantitative estimate of drug-likeness (QED) is 0.294. The normalized spacial score (nSPS) is 33.2. The van der Waals surface area contributed by atoms with E-state index in [1.165, 1.54) is 0 Å². The number of carbonyl (C=O) groups excluding carboxylic acids is 4. The molecule has 45 heavy (non-hydrogen) atoms. The zero-order valence-electron chi connectivity index (χ0n) is 27.1. The second-order valence-corrected chi connectivity index (χ2v) is 13.7. The van der Waals surface area contributed by atoms with Crippen LogP contribution in [0.25, 0.3) is 0 Å². The minimum atomic E-state index is -1.30. The highest BCUT2D eigenvalue weighted by molar-refractivity contribution is 5.99. The van der Waals surface area contributed by atoms with E-state index in [1.807, 2.05) is 76.3 Å². The van der Waals surface area contributed by atoms with Gasteiger partial charge in [0, 0.05) is 38.7 Å². The Bertz CT molecular complexity index is 1340. The molecule has 1 N–H and O–H groups in total. The van der Waals surface area contributed by atoms with Crippen molar-refractivity contribution in [1.82, 2.24) is 14.7 Å². The number of aliphatic hydroxyl groups excluding tert-OH is 1. The number of hydrogen-bond donors (Lipinski definition) is 1. The predicted octanol–water partition coefficient (Wildman–Crippen LogP) is 3.41. The van der Waals surface area contributed by atoms with E-state index in [2.05, 4.69) is 0 Å². The molecule has 3 amide bonds. The number of fused-ring (bicyclic) bond motifs is 2. The number of cyclic esters (lactones) is 1. The topological polar surface area (TPSA) is 117 Å². The summed E-state index contributed by atoms with van der Waals surface area (Å²) in [6, 6.07) is 7.87. The smallest absolute Gasteiger partial charge is 0.313 e. The molecule has 5 rings (SSSR count). The Labute approximate surface area is 266 Å². The van der Waals surface area contributed by atoms with E-state index < -0.39 is 53.2 Å². The van der Waals surface area contributed by atoms with Crippen molar-refractivity contribution in [1.29, 1.82) is 0 Å². The molecule has 2 saturated heterocycles. The van der Waals surface area contributed by atoms with Gasteiger partial charge < -0.3 is 29.3 Å². The summed E-state index contributed by atoms with van der Waals surface area (Å²) in [6.07, 6.45) is 8.56. The molecular weight excluding hydrogens is 574 g/mol. The molecule has 1 aromatic carbocycles. The lowest BCUT2D eigenvalue weighted by atomic mass is 9.74. The number of esters is 1. The van der Waals surface area contributed by atoms with E-state index in [-0.39, 0.29) is 30.7 Å². The summed E-state index contributed by atoms with van der Waals surface area (Å²) in [5, 5.41) is 9.32. The number of likely N-dealkylation sites (N-methyl/N-ethyl adjacent to an activating group) is 1. The minimum Gasteiger partial charge on any atom is -0.455 e. The third-order valence-electron chi connectivity index (χ3n) is 9.81. The number of nitrogens with zero attached hydrogens (tertiary/aromatic N) is 3. The number of ether oxygens (including phenoxy) is 2. The third kappa shape index (κ3) is 6.06. The first kappa shape index (κ1) is 32.9. The van der Waals surface area contributed by atoms with Gasteiger partial charge in [-0.15, -0.1) is 0 Å². The first-order valence-corrected chi connectivity index (χ1v) is 16.2. The van der Waals surface area contributed by atoms with Crippen LogP contribution in [0.5, 0.6) is 0 Å². The van der Waals surface area contributed by atoms with Gasteiger partial charge in [-0.2, -0.15) is 0 Å². The van der Waals surface area contributed by atoms with Gasteiger partial charge in [-0.1, -0.05) is 54.6 Å². The van der Waals surface area contributed by atoms with Gasteiger partial charge >= 0.3 is 5.97 Å². The van der Waals surface area contributed by atoms with Crippen LogP contribution in [-0.2, 0) is 28.7 Å². The van der Waals surface area contributed by atoms with Gasteiger partial charge in [0.1, 0.15) is 23.7 Å². The fourth-order valence-corrected chi connectivity index (χ4v) is 7.27. The lowest BCUT2D eigenvalue weighted by Crippen LogP contribution is -2.59. The molecule has 1 spiro atoms. The molecule has 10 nitrogen and oxygen atoms in total. The van der Waals surface area contributed by atoms with Gasteiger partial charge in [0.15, 0.2) is 0 Å². The van der Waals surface area contributed by atoms with E-state index in [0.717, 1.165) is 5.56 Å². The van der Waals surface area contributed by atoms with Crippen molar-refractivity contribution in [3.8, 4) is 0 Å². The summed E-state index contributed by atoms with van der Waals surface area (Å²) in [4.78, 5) is 61.4. The van der Waals surface area contributed by atoms with E-state index in [1.54, 1.807) is 27.8 Å². The zero-order valence-corrected chi connectivity index (χ0v) is 27.1. The van der Waals surface area contributed by atoms with Gasteiger partial charge in [0.25, 0.3) is 0 Å². The van der Waals surface area contributed by atoms with Gasteiger partial charge in [0.05, 0.1) is 18.1 Å². The standard InChI is InChI=1S/C35H47N3O7/c1-23-29(24-15-9-6-10-16-24)44-33(43)27-25-18-19-35(45-25)28(27)31(41)37(20-12-8-14-22-39)30(35)32(42)38(34(2,3)4)21-13-7-11-17-26(40)36(23)5/h6-7,9-10,13,15-16,18-19,23,25,27-30,39H,8,11-12,14,17,20-22H2,1-5H3/b13-7-/t23-,25+,27-,28-,29+,30+,35-/m1/s1. The van der Waals surface area contributed by atoms with Crippen molar-refractivity contribution in [2.45, 2.75) is 95.2 Å². The number of amides is 3. The maximum absolute atomic E-state index is 14.6. The van der Waals surface area contributed by atoms with Crippen LogP contribution in [0.4, 0.5) is 0 Å². The molecule has 0 aromatic heterocycles. The van der Waals surface area contributed by atoms with Crippen LogP contribution in [0.15, 0.2) is 54.6 Å². The molecule has 0 saturated carbocycles. The molecule has 7 atom stereocenters. The lowest BCUT2D eigenvalue weighted by molar-refractivity contribution is -0.164. The van der Waals surface area contributed by atoms with E-state index in [9.17, 15) is 24.3 Å². The Kier molecular flexibility index (Phi) is 9.56. The van der Waals surface area contributed by atoms with Crippen molar-refractivity contribution in [2.24, 2.45) is 11.8 Å². The highest BCUT2D eigenvalue weighted by atomic mass is 16.6. The first-order valence-electron chi connectivity index (χ1n) is 16.2. The van der Waals surface area contributed by atoms with Crippen LogP contribution < -0.4 is 0 Å². The number of hydrogen-bond acceptors (Lipinski definition) is 7. The predicted molar refractivity (Wildman–Crippen MR) is 168 cm³/mol. The number of allylic oxidation sites excluding steroid dienone is 1. The maximum atomic E-state index is 14.6. The van der Waals surface area contributed by atoms with Crippen LogP contribution in [0, 0.1) is 11.8 Å². The molecule has 0 radical (unpaired) electrons. The number of likely N-dealkylation sites (tertiary alicyclic amines) is 1. The highest BCUT2D eigenvalue weighted by Crippen LogP contribution is 2.56. The second-order valence-electron chi connectivity index (χ2n) is 13.7. The number of unbranched alkanes of at least 4 members (excludes halogenated alkanes) is 2. The zero-order chi connectivity index (χ0) is 32.5. The van der Waals surface area contributed by atoms with Gasteiger partial charge in [-0.05, 0) is 58.9 Å². The van der Waals surface area contributed by atoms with Crippen molar-refractivity contribution in [2.75, 3.05) is 26.7 Å². The molecule has 244 valence electrons. The van der Waals surface area contributed by atoms with Gasteiger partial charge in [-0.25, -0.2) is 0 Å². The Morgan fingerprint density at radius 1 is 1.00 bits per heavy atom. The average molecular weight is 622 g/mol. The molecule has 2 fully saturated rings.